The summed E-state index contributed by atoms with van der Waals surface area (Å²) in [6.45, 7) is 2.02. The van der Waals surface area contributed by atoms with Crippen LogP contribution >= 0.6 is 35.1 Å². The average Bonchev–Trinajstić information content (AvgIpc) is 3.13. The summed E-state index contributed by atoms with van der Waals surface area (Å²) in [5.41, 5.74) is 3.01. The minimum Gasteiger partial charge on any atom is -0.337 e. The highest BCUT2D eigenvalue weighted by Crippen LogP contribution is 2.21. The summed E-state index contributed by atoms with van der Waals surface area (Å²) in [4.78, 5) is 28.8. The van der Waals surface area contributed by atoms with Gasteiger partial charge in [-0.3, -0.25) is 10.2 Å². The van der Waals surface area contributed by atoms with Crippen LogP contribution in [-0.2, 0) is 24.1 Å². The van der Waals surface area contributed by atoms with Crippen molar-refractivity contribution in [2.45, 2.75) is 26.2 Å². The molecule has 24 heavy (non-hydrogen) atoms. The van der Waals surface area contributed by atoms with E-state index >= 15 is 0 Å². The van der Waals surface area contributed by atoms with Gasteiger partial charge in [-0.25, -0.2) is 15.6 Å². The molecule has 0 aromatic carbocycles. The van der Waals surface area contributed by atoms with E-state index in [1.54, 1.807) is 11.3 Å². The van der Waals surface area contributed by atoms with Crippen LogP contribution in [0.2, 0.25) is 0 Å². The number of carbonyl (C=O) groups excluding carboxylic acids is 2. The van der Waals surface area contributed by atoms with Crippen LogP contribution < -0.4 is 21.9 Å². The van der Waals surface area contributed by atoms with Crippen LogP contribution in [0.15, 0.2) is 17.5 Å². The largest absolute Gasteiger partial charge is 0.337 e. The van der Waals surface area contributed by atoms with E-state index in [9.17, 15) is 9.59 Å². The van der Waals surface area contributed by atoms with Gasteiger partial charge in [-0.05, 0) is 31.4 Å². The van der Waals surface area contributed by atoms with Gasteiger partial charge in [0.15, 0.2) is 5.13 Å². The second-order valence-corrected chi connectivity index (χ2v) is 6.95. The maximum Gasteiger partial charge on any atom is 0.328 e. The van der Waals surface area contributed by atoms with E-state index in [-0.39, 0.29) is 24.3 Å². The normalized spacial score (nSPS) is 9.92. The van der Waals surface area contributed by atoms with Crippen LogP contribution in [0.4, 0.5) is 9.93 Å². The maximum absolute atomic E-state index is 11.0. The third kappa shape index (κ3) is 6.83. The molecule has 0 aliphatic carbocycles. The Morgan fingerprint density at radius 2 is 1.92 bits per heavy atom. The van der Waals surface area contributed by atoms with Gasteiger partial charge in [-0.2, -0.15) is 0 Å². The molecule has 0 spiro atoms. The Kier molecular flexibility index (Phi) is 8.69. The van der Waals surface area contributed by atoms with Crippen molar-refractivity contribution in [2.75, 3.05) is 11.9 Å². The Balaban J connectivity index is 0.00000288. The van der Waals surface area contributed by atoms with Gasteiger partial charge in [0, 0.05) is 28.6 Å². The molecule has 0 bridgehead atoms. The number of carbonyl (C=O) groups is 2. The van der Waals surface area contributed by atoms with Crippen LogP contribution in [0.25, 0.3) is 0 Å². The van der Waals surface area contributed by atoms with E-state index in [2.05, 4.69) is 27.8 Å². The van der Waals surface area contributed by atoms with Crippen molar-refractivity contribution in [3.8, 4) is 0 Å². The molecule has 0 radical (unpaired) electrons. The van der Waals surface area contributed by atoms with Crippen molar-refractivity contribution >= 4 is 52.2 Å². The molecule has 0 saturated carbocycles. The summed E-state index contributed by atoms with van der Waals surface area (Å²) >= 11 is 3.17. The number of urea groups is 1. The Labute approximate surface area is 154 Å². The zero-order valence-corrected chi connectivity index (χ0v) is 15.6. The SMILES string of the molecule is CC(=O)Nc1nc(CCc2ccc(CCNC(=O)NN)s2)cs1.Cl. The molecule has 132 valence electrons. The van der Waals surface area contributed by atoms with E-state index in [0.29, 0.717) is 11.7 Å². The van der Waals surface area contributed by atoms with Crippen LogP contribution in [-0.4, -0.2) is 23.5 Å². The topological polar surface area (TPSA) is 109 Å². The summed E-state index contributed by atoms with van der Waals surface area (Å²) in [5, 5.41) is 7.95. The van der Waals surface area contributed by atoms with Gasteiger partial charge in [0.1, 0.15) is 0 Å². The third-order valence-corrected chi connectivity index (χ3v) is 4.98. The summed E-state index contributed by atoms with van der Waals surface area (Å²) in [7, 11) is 0. The lowest BCUT2D eigenvalue weighted by atomic mass is 10.2. The first-order valence-electron chi connectivity index (χ1n) is 7.11. The monoisotopic (exact) mass is 389 g/mol. The van der Waals surface area contributed by atoms with Crippen molar-refractivity contribution in [1.29, 1.82) is 0 Å². The summed E-state index contributed by atoms with van der Waals surface area (Å²) in [6, 6.07) is 3.80. The van der Waals surface area contributed by atoms with Crippen molar-refractivity contribution in [2.24, 2.45) is 5.84 Å². The fraction of sp³-hybridized carbons (Fsp3) is 0.357. The van der Waals surface area contributed by atoms with E-state index < -0.39 is 0 Å². The van der Waals surface area contributed by atoms with E-state index in [0.717, 1.165) is 25.0 Å². The van der Waals surface area contributed by atoms with Gasteiger partial charge >= 0.3 is 6.03 Å². The molecule has 0 atom stereocenters. The molecule has 2 heterocycles. The Bertz CT molecular complexity index is 674. The highest BCUT2D eigenvalue weighted by atomic mass is 35.5. The number of hydrogen-bond donors (Lipinski definition) is 4. The average molecular weight is 390 g/mol. The number of aryl methyl sites for hydroxylation is 2. The number of nitrogens with zero attached hydrogens (tertiary/aromatic N) is 1. The molecule has 2 rings (SSSR count). The Hall–Kier alpha value is -1.68. The van der Waals surface area contributed by atoms with Gasteiger partial charge < -0.3 is 10.6 Å². The minimum atomic E-state index is -0.375. The number of amides is 3. The summed E-state index contributed by atoms with van der Waals surface area (Å²) in [6.07, 6.45) is 2.52. The lowest BCUT2D eigenvalue weighted by Gasteiger charge is -2.01. The predicted octanol–water partition coefficient (Wildman–Crippen LogP) is 2.09. The van der Waals surface area contributed by atoms with Crippen LogP contribution in [0.3, 0.4) is 0 Å². The van der Waals surface area contributed by atoms with Gasteiger partial charge in [0.05, 0.1) is 5.69 Å². The van der Waals surface area contributed by atoms with Gasteiger partial charge in [0.2, 0.25) is 5.91 Å². The number of hydrogen-bond acceptors (Lipinski definition) is 6. The molecule has 0 unspecified atom stereocenters. The molecule has 10 heteroatoms. The molecular weight excluding hydrogens is 370 g/mol. The molecule has 2 aromatic rings. The van der Waals surface area contributed by atoms with E-state index in [1.807, 2.05) is 10.8 Å². The number of rotatable bonds is 7. The Morgan fingerprint density at radius 3 is 2.58 bits per heavy atom. The van der Waals surface area contributed by atoms with Crippen molar-refractivity contribution in [3.05, 3.63) is 33.0 Å². The zero-order valence-electron chi connectivity index (χ0n) is 13.1. The van der Waals surface area contributed by atoms with E-state index in [4.69, 9.17) is 5.84 Å². The fourth-order valence-electron chi connectivity index (χ4n) is 1.92. The number of hydrazine groups is 1. The number of thiophene rings is 1. The number of aromatic nitrogens is 1. The molecule has 0 aliphatic heterocycles. The number of anilines is 1. The first-order chi connectivity index (χ1) is 11.1. The van der Waals surface area contributed by atoms with Crippen molar-refractivity contribution < 1.29 is 9.59 Å². The standard InChI is InChI=1S/C14H19N5O2S2.ClH/c1-9(20)17-14-18-10(8-22-14)2-3-11-4-5-12(23-11)6-7-16-13(21)19-15;/h4-5,8H,2-3,6-7,15H2,1H3,(H2,16,19,21)(H,17,18,20);1H. The van der Waals surface area contributed by atoms with E-state index in [1.165, 1.54) is 28.0 Å². The smallest absolute Gasteiger partial charge is 0.328 e. The molecular formula is C14H20ClN5O2S2. The lowest BCUT2D eigenvalue weighted by molar-refractivity contribution is -0.114. The van der Waals surface area contributed by atoms with Crippen molar-refractivity contribution in [1.82, 2.24) is 15.7 Å². The van der Waals surface area contributed by atoms with Crippen molar-refractivity contribution in [3.63, 3.8) is 0 Å². The molecule has 0 fully saturated rings. The van der Waals surface area contributed by atoms with Gasteiger partial charge in [0.25, 0.3) is 0 Å². The Morgan fingerprint density at radius 1 is 1.21 bits per heavy atom. The fourth-order valence-corrected chi connectivity index (χ4v) is 3.73. The first-order valence-corrected chi connectivity index (χ1v) is 8.80. The molecule has 0 saturated heterocycles. The number of nitrogens with one attached hydrogen (secondary N) is 3. The minimum absolute atomic E-state index is 0. The highest BCUT2D eigenvalue weighted by molar-refractivity contribution is 7.14. The number of thiazole rings is 1. The lowest BCUT2D eigenvalue weighted by Crippen LogP contribution is -2.40. The summed E-state index contributed by atoms with van der Waals surface area (Å²) < 4.78 is 0. The molecule has 3 amide bonds. The zero-order chi connectivity index (χ0) is 16.7. The third-order valence-electron chi connectivity index (χ3n) is 2.97. The number of nitrogens with two attached hydrogens (primary N) is 1. The molecule has 5 N–H and O–H groups in total. The highest BCUT2D eigenvalue weighted by Gasteiger charge is 2.06. The van der Waals surface area contributed by atoms with Crippen LogP contribution in [0, 0.1) is 0 Å². The second-order valence-electron chi connectivity index (χ2n) is 4.84. The molecule has 7 nitrogen and oxygen atoms in total. The quantitative estimate of drug-likeness (QED) is 0.330. The van der Waals surface area contributed by atoms with Gasteiger partial charge in [-0.15, -0.1) is 35.1 Å². The van der Waals surface area contributed by atoms with Crippen LogP contribution in [0.1, 0.15) is 22.4 Å². The van der Waals surface area contributed by atoms with Gasteiger partial charge in [-0.1, -0.05) is 0 Å². The molecule has 0 aliphatic rings. The number of halogens is 1. The summed E-state index contributed by atoms with van der Waals surface area (Å²) in [5.74, 6) is 4.89. The maximum atomic E-state index is 11.0. The second kappa shape index (κ2) is 10.2. The molecule has 2 aromatic heterocycles. The van der Waals surface area contributed by atoms with Crippen LogP contribution in [0.5, 0.6) is 0 Å². The first kappa shape index (κ1) is 20.4. The predicted molar refractivity (Wildman–Crippen MR) is 99.8 cm³/mol.